The summed E-state index contributed by atoms with van der Waals surface area (Å²) in [6.07, 6.45) is -6.18. The molecule has 8 heteroatoms. The average molecular weight is 392 g/mol. The molecule has 1 aliphatic heterocycles. The Kier molecular flexibility index (Phi) is 6.09. The molecule has 0 aliphatic carbocycles. The fourth-order valence-electron chi connectivity index (χ4n) is 3.51. The van der Waals surface area contributed by atoms with Crippen LogP contribution in [-0.2, 0) is 14.3 Å². The highest BCUT2D eigenvalue weighted by Gasteiger charge is 2.66. The smallest absolute Gasteiger partial charge is 0.417 e. The summed E-state index contributed by atoms with van der Waals surface area (Å²) in [5.41, 5.74) is -2.08. The topological polar surface area (TPSA) is 44.8 Å². The number of alkyl halides is 3. The summed E-state index contributed by atoms with van der Waals surface area (Å²) in [7, 11) is 0. The standard InChI is InChI=1S/C19H24F4O4/c1-6-25-15-10(3)13(20)9-8-12(15)14-11(4)18(5,19(21,22)23)27-16(14)17(24)26-7-2/h8-9,11,14,16H,6-7H2,1-5H3/t11?,14?,16-,18?/m1/s1. The van der Waals surface area contributed by atoms with Crippen molar-refractivity contribution in [1.29, 1.82) is 0 Å². The van der Waals surface area contributed by atoms with Crippen LogP contribution in [-0.4, -0.2) is 37.1 Å². The Bertz CT molecular complexity index is 704. The Labute approximate surface area is 155 Å². The van der Waals surface area contributed by atoms with Crippen LogP contribution in [0.4, 0.5) is 17.6 Å². The number of hydrogen-bond donors (Lipinski definition) is 0. The molecule has 0 spiro atoms. The highest BCUT2D eigenvalue weighted by Crippen LogP contribution is 2.55. The lowest BCUT2D eigenvalue weighted by molar-refractivity contribution is -0.274. The number of carbonyl (C=O) groups excluding carboxylic acids is 1. The van der Waals surface area contributed by atoms with E-state index in [4.69, 9.17) is 14.2 Å². The normalized spacial score (nSPS) is 28.3. The zero-order chi connectivity index (χ0) is 20.6. The maximum absolute atomic E-state index is 14.0. The summed E-state index contributed by atoms with van der Waals surface area (Å²) in [5, 5.41) is 0. The molecule has 1 aliphatic rings. The van der Waals surface area contributed by atoms with Crippen molar-refractivity contribution in [2.45, 2.75) is 58.4 Å². The molecular weight excluding hydrogens is 368 g/mol. The molecule has 2 rings (SSSR count). The van der Waals surface area contributed by atoms with Crippen LogP contribution in [0.5, 0.6) is 5.75 Å². The van der Waals surface area contributed by atoms with Gasteiger partial charge in [-0.05, 0) is 33.8 Å². The van der Waals surface area contributed by atoms with E-state index in [1.54, 1.807) is 13.8 Å². The van der Waals surface area contributed by atoms with Crippen molar-refractivity contribution in [3.05, 3.63) is 29.1 Å². The molecule has 0 aromatic heterocycles. The number of rotatable bonds is 5. The summed E-state index contributed by atoms with van der Waals surface area (Å²) in [5.74, 6) is -3.42. The van der Waals surface area contributed by atoms with Gasteiger partial charge in [0.05, 0.1) is 13.2 Å². The van der Waals surface area contributed by atoms with E-state index in [9.17, 15) is 22.4 Å². The van der Waals surface area contributed by atoms with E-state index in [0.717, 1.165) is 13.0 Å². The lowest BCUT2D eigenvalue weighted by Crippen LogP contribution is -2.47. The fourth-order valence-corrected chi connectivity index (χ4v) is 3.51. The molecule has 1 saturated heterocycles. The van der Waals surface area contributed by atoms with Gasteiger partial charge in [0, 0.05) is 23.0 Å². The van der Waals surface area contributed by atoms with Gasteiger partial charge < -0.3 is 14.2 Å². The van der Waals surface area contributed by atoms with Crippen LogP contribution < -0.4 is 4.74 Å². The molecule has 0 bridgehead atoms. The Morgan fingerprint density at radius 1 is 1.26 bits per heavy atom. The molecule has 3 unspecified atom stereocenters. The van der Waals surface area contributed by atoms with Crippen molar-refractivity contribution in [2.75, 3.05) is 13.2 Å². The zero-order valence-electron chi connectivity index (χ0n) is 15.9. The van der Waals surface area contributed by atoms with Crippen molar-refractivity contribution in [2.24, 2.45) is 5.92 Å². The van der Waals surface area contributed by atoms with Crippen molar-refractivity contribution in [1.82, 2.24) is 0 Å². The van der Waals surface area contributed by atoms with E-state index in [1.165, 1.54) is 19.9 Å². The van der Waals surface area contributed by atoms with Gasteiger partial charge in [0.1, 0.15) is 11.6 Å². The lowest BCUT2D eigenvalue weighted by atomic mass is 9.76. The van der Waals surface area contributed by atoms with Crippen LogP contribution in [0.3, 0.4) is 0 Å². The maximum atomic E-state index is 14.0. The van der Waals surface area contributed by atoms with E-state index in [1.807, 2.05) is 0 Å². The molecule has 0 N–H and O–H groups in total. The fraction of sp³-hybridized carbons (Fsp3) is 0.632. The molecule has 1 aromatic carbocycles. The van der Waals surface area contributed by atoms with E-state index in [-0.39, 0.29) is 24.5 Å². The van der Waals surface area contributed by atoms with Crippen LogP contribution in [0.1, 0.15) is 44.7 Å². The van der Waals surface area contributed by atoms with Crippen LogP contribution >= 0.6 is 0 Å². The van der Waals surface area contributed by atoms with Gasteiger partial charge in [-0.2, -0.15) is 13.2 Å². The second-order valence-corrected chi connectivity index (χ2v) is 6.73. The predicted octanol–water partition coefficient (Wildman–Crippen LogP) is 4.54. The van der Waals surface area contributed by atoms with Gasteiger partial charge in [-0.15, -0.1) is 0 Å². The number of carbonyl (C=O) groups is 1. The van der Waals surface area contributed by atoms with Gasteiger partial charge in [0.25, 0.3) is 0 Å². The Hall–Kier alpha value is -1.83. The maximum Gasteiger partial charge on any atom is 0.417 e. The second-order valence-electron chi connectivity index (χ2n) is 6.73. The van der Waals surface area contributed by atoms with Gasteiger partial charge in [0.2, 0.25) is 0 Å². The van der Waals surface area contributed by atoms with Crippen molar-refractivity contribution in [3.63, 3.8) is 0 Å². The summed E-state index contributed by atoms with van der Waals surface area (Å²) < 4.78 is 70.9. The molecule has 1 fully saturated rings. The van der Waals surface area contributed by atoms with Crippen LogP contribution in [0, 0.1) is 18.7 Å². The molecule has 152 valence electrons. The van der Waals surface area contributed by atoms with Gasteiger partial charge in [-0.3, -0.25) is 0 Å². The van der Waals surface area contributed by atoms with Gasteiger partial charge >= 0.3 is 12.1 Å². The first-order chi connectivity index (χ1) is 12.5. The molecule has 4 atom stereocenters. The first-order valence-electron chi connectivity index (χ1n) is 8.82. The van der Waals surface area contributed by atoms with E-state index >= 15 is 0 Å². The monoisotopic (exact) mass is 392 g/mol. The number of ether oxygens (including phenoxy) is 3. The van der Waals surface area contributed by atoms with Crippen LogP contribution in [0.15, 0.2) is 12.1 Å². The number of halogens is 4. The third-order valence-corrected chi connectivity index (χ3v) is 5.21. The lowest BCUT2D eigenvalue weighted by Gasteiger charge is -2.32. The Balaban J connectivity index is 2.64. The van der Waals surface area contributed by atoms with Crippen molar-refractivity contribution in [3.8, 4) is 5.75 Å². The predicted molar refractivity (Wildman–Crippen MR) is 90.2 cm³/mol. The largest absolute Gasteiger partial charge is 0.493 e. The highest BCUT2D eigenvalue weighted by atomic mass is 19.4. The first-order valence-corrected chi connectivity index (χ1v) is 8.82. The first kappa shape index (κ1) is 21.5. The van der Waals surface area contributed by atoms with Crippen LogP contribution in [0.25, 0.3) is 0 Å². The zero-order valence-corrected chi connectivity index (χ0v) is 15.9. The minimum Gasteiger partial charge on any atom is -0.493 e. The van der Waals surface area contributed by atoms with Crippen molar-refractivity contribution < 1.29 is 36.6 Å². The molecule has 0 saturated carbocycles. The Morgan fingerprint density at radius 2 is 1.89 bits per heavy atom. The summed E-state index contributed by atoms with van der Waals surface area (Å²) >= 11 is 0. The van der Waals surface area contributed by atoms with Gasteiger partial charge in [0.15, 0.2) is 11.7 Å². The second kappa shape index (κ2) is 7.66. The van der Waals surface area contributed by atoms with E-state index in [0.29, 0.717) is 5.56 Å². The molecule has 4 nitrogen and oxygen atoms in total. The van der Waals surface area contributed by atoms with E-state index < -0.39 is 41.5 Å². The van der Waals surface area contributed by atoms with Gasteiger partial charge in [-0.25, -0.2) is 9.18 Å². The number of esters is 1. The number of benzene rings is 1. The Morgan fingerprint density at radius 3 is 2.41 bits per heavy atom. The summed E-state index contributed by atoms with van der Waals surface area (Å²) in [6.45, 7) is 7.20. The highest BCUT2D eigenvalue weighted by molar-refractivity contribution is 5.77. The minimum absolute atomic E-state index is 0.00326. The minimum atomic E-state index is -4.70. The number of hydrogen-bond acceptors (Lipinski definition) is 4. The molecule has 1 heterocycles. The molecular formula is C19H24F4O4. The summed E-state index contributed by atoms with van der Waals surface area (Å²) in [6, 6.07) is 2.51. The molecule has 1 aromatic rings. The molecule has 0 amide bonds. The van der Waals surface area contributed by atoms with Gasteiger partial charge in [-0.1, -0.05) is 13.0 Å². The third kappa shape index (κ3) is 3.63. The molecule has 27 heavy (non-hydrogen) atoms. The van der Waals surface area contributed by atoms with Crippen LogP contribution in [0.2, 0.25) is 0 Å². The average Bonchev–Trinajstić information content (AvgIpc) is 2.86. The van der Waals surface area contributed by atoms with Crippen molar-refractivity contribution >= 4 is 5.97 Å². The SMILES string of the molecule is CCOC(=O)[C@@H]1OC(C)(C(F)(F)F)C(C)C1c1ccc(F)c(C)c1OCC. The quantitative estimate of drug-likeness (QED) is 0.545. The summed E-state index contributed by atoms with van der Waals surface area (Å²) in [4.78, 5) is 12.4. The van der Waals surface area contributed by atoms with E-state index in [2.05, 4.69) is 0 Å². The third-order valence-electron chi connectivity index (χ3n) is 5.21. The molecule has 0 radical (unpaired) electrons.